The molecule has 0 spiro atoms. The molecular weight excluding hydrogens is 330 g/mol. The number of ether oxygens (including phenoxy) is 1. The monoisotopic (exact) mass is 351 g/mol. The molecule has 3 aromatic rings. The maximum absolute atomic E-state index is 6.27. The lowest BCUT2D eigenvalue weighted by molar-refractivity contribution is 0.413. The van der Waals surface area contributed by atoms with Gasteiger partial charge in [0.1, 0.15) is 5.75 Å². The van der Waals surface area contributed by atoms with Crippen LogP contribution in [0.5, 0.6) is 5.75 Å². The van der Waals surface area contributed by atoms with Crippen LogP contribution in [0.3, 0.4) is 0 Å². The third-order valence-electron chi connectivity index (χ3n) is 5.22. The summed E-state index contributed by atoms with van der Waals surface area (Å²) in [6.07, 6.45) is 4.66. The molecule has 3 heterocycles. The molecule has 1 fully saturated rings. The minimum absolute atomic E-state index is 0.323. The van der Waals surface area contributed by atoms with E-state index in [-0.39, 0.29) is 0 Å². The van der Waals surface area contributed by atoms with Crippen molar-refractivity contribution in [3.8, 4) is 17.1 Å². The van der Waals surface area contributed by atoms with Gasteiger partial charge in [-0.15, -0.1) is 0 Å². The molecular formula is C18H21N7O. The minimum Gasteiger partial charge on any atom is -0.495 e. The lowest BCUT2D eigenvalue weighted by Crippen LogP contribution is -2.31. The number of hydrogen-bond donors (Lipinski definition) is 2. The fourth-order valence-electron chi connectivity index (χ4n) is 3.71. The third-order valence-corrected chi connectivity index (χ3v) is 5.22. The summed E-state index contributed by atoms with van der Waals surface area (Å²) in [6.45, 7) is 2.97. The average molecular weight is 351 g/mol. The van der Waals surface area contributed by atoms with Gasteiger partial charge in [-0.2, -0.15) is 10.2 Å². The van der Waals surface area contributed by atoms with Crippen LogP contribution < -0.4 is 15.8 Å². The molecule has 1 aromatic carbocycles. The topological polar surface area (TPSA) is 95.8 Å². The van der Waals surface area contributed by atoms with E-state index in [0.717, 1.165) is 41.6 Å². The molecule has 2 aliphatic rings. The summed E-state index contributed by atoms with van der Waals surface area (Å²) in [5.74, 6) is 3.15. The summed E-state index contributed by atoms with van der Waals surface area (Å²) in [5.41, 5.74) is 9.35. The summed E-state index contributed by atoms with van der Waals surface area (Å²) < 4.78 is 9.17. The first-order valence-electron chi connectivity index (χ1n) is 8.88. The lowest BCUT2D eigenvalue weighted by atomic mass is 10.1. The molecule has 3 atom stereocenters. The van der Waals surface area contributed by atoms with Gasteiger partial charge in [0.05, 0.1) is 19.0 Å². The first-order valence-corrected chi connectivity index (χ1v) is 8.88. The maximum Gasteiger partial charge on any atom is 0.175 e. The smallest absolute Gasteiger partial charge is 0.175 e. The summed E-state index contributed by atoms with van der Waals surface area (Å²) in [4.78, 5) is 4.83. The lowest BCUT2D eigenvalue weighted by Gasteiger charge is -2.25. The van der Waals surface area contributed by atoms with E-state index in [1.54, 1.807) is 11.8 Å². The summed E-state index contributed by atoms with van der Waals surface area (Å²) >= 11 is 0. The Morgan fingerprint density at radius 3 is 3.00 bits per heavy atom. The van der Waals surface area contributed by atoms with Crippen molar-refractivity contribution in [1.29, 1.82) is 0 Å². The fourth-order valence-corrected chi connectivity index (χ4v) is 3.71. The van der Waals surface area contributed by atoms with Gasteiger partial charge < -0.3 is 10.1 Å². The third kappa shape index (κ3) is 2.22. The average Bonchev–Trinajstić information content (AvgIpc) is 3.11. The quantitative estimate of drug-likeness (QED) is 0.749. The zero-order valence-corrected chi connectivity index (χ0v) is 14.8. The summed E-state index contributed by atoms with van der Waals surface area (Å²) in [5, 5.41) is 12.3. The van der Waals surface area contributed by atoms with Gasteiger partial charge in [-0.1, -0.05) is 6.07 Å². The van der Waals surface area contributed by atoms with Gasteiger partial charge in [-0.05, 0) is 37.0 Å². The normalized spacial score (nSPS) is 23.1. The van der Waals surface area contributed by atoms with E-state index in [4.69, 9.17) is 20.6 Å². The summed E-state index contributed by atoms with van der Waals surface area (Å²) in [6, 6.07) is 5.87. The highest BCUT2D eigenvalue weighted by molar-refractivity contribution is 5.80. The molecule has 0 amide bonds. The second-order valence-electron chi connectivity index (χ2n) is 6.79. The molecule has 8 nitrogen and oxygen atoms in total. The molecule has 1 saturated carbocycles. The van der Waals surface area contributed by atoms with Crippen molar-refractivity contribution < 1.29 is 4.74 Å². The number of benzene rings is 1. The standard InChI is InChI=1S/C18H21N7O/c1-3-24-9-10(8-20-24)12-7-13(12)16-22-17-11-5-4-6-14(26-2)15(11)21-18(19)25(17)23-16/h4-6,8-9,12-13,18,21H,3,7,19H2,1-2H3. The largest absolute Gasteiger partial charge is 0.495 e. The molecule has 26 heavy (non-hydrogen) atoms. The molecule has 8 heteroatoms. The predicted molar refractivity (Wildman–Crippen MR) is 96.9 cm³/mol. The number of nitrogens with two attached hydrogens (primary N) is 1. The fraction of sp³-hybridized carbons (Fsp3) is 0.389. The maximum atomic E-state index is 6.27. The van der Waals surface area contributed by atoms with Gasteiger partial charge in [0.2, 0.25) is 0 Å². The van der Waals surface area contributed by atoms with Crippen molar-refractivity contribution >= 4 is 5.69 Å². The number of aryl methyl sites for hydroxylation is 1. The van der Waals surface area contributed by atoms with Gasteiger partial charge in [0, 0.05) is 24.2 Å². The van der Waals surface area contributed by atoms with E-state index in [0.29, 0.717) is 11.8 Å². The van der Waals surface area contributed by atoms with Crippen LogP contribution in [0.15, 0.2) is 30.6 Å². The first kappa shape index (κ1) is 15.4. The minimum atomic E-state index is -0.463. The Bertz CT molecular complexity index is 976. The number of anilines is 1. The number of fused-ring (bicyclic) bond motifs is 3. The Morgan fingerprint density at radius 1 is 1.35 bits per heavy atom. The van der Waals surface area contributed by atoms with Crippen molar-refractivity contribution in [2.45, 2.75) is 38.0 Å². The summed E-state index contributed by atoms with van der Waals surface area (Å²) in [7, 11) is 1.65. The van der Waals surface area contributed by atoms with Crippen LogP contribution in [0, 0.1) is 0 Å². The molecule has 3 unspecified atom stereocenters. The second-order valence-corrected chi connectivity index (χ2v) is 6.79. The number of hydrogen-bond acceptors (Lipinski definition) is 6. The van der Waals surface area contributed by atoms with Gasteiger partial charge in [0.15, 0.2) is 17.9 Å². The number of nitrogens with zero attached hydrogens (tertiary/aromatic N) is 5. The van der Waals surface area contributed by atoms with Crippen LogP contribution in [0.1, 0.15) is 42.9 Å². The molecule has 1 aliphatic carbocycles. The molecule has 1 aliphatic heterocycles. The molecule has 2 aromatic heterocycles. The molecule has 0 saturated heterocycles. The van der Waals surface area contributed by atoms with Gasteiger partial charge >= 0.3 is 0 Å². The van der Waals surface area contributed by atoms with Crippen molar-refractivity contribution in [2.75, 3.05) is 12.4 Å². The Balaban J connectivity index is 1.49. The second kappa shape index (κ2) is 5.57. The van der Waals surface area contributed by atoms with Crippen molar-refractivity contribution in [3.05, 3.63) is 42.0 Å². The van der Waals surface area contributed by atoms with Crippen LogP contribution in [-0.4, -0.2) is 31.7 Å². The molecule has 0 bridgehead atoms. The highest BCUT2D eigenvalue weighted by Crippen LogP contribution is 2.54. The van der Waals surface area contributed by atoms with E-state index >= 15 is 0 Å². The highest BCUT2D eigenvalue weighted by Gasteiger charge is 2.44. The Morgan fingerprint density at radius 2 is 2.23 bits per heavy atom. The van der Waals surface area contributed by atoms with Crippen molar-refractivity contribution in [2.24, 2.45) is 5.73 Å². The number of rotatable bonds is 4. The molecule has 5 rings (SSSR count). The zero-order chi connectivity index (χ0) is 17.8. The number of aromatic nitrogens is 5. The van der Waals surface area contributed by atoms with Crippen LogP contribution in [0.4, 0.5) is 5.69 Å². The van der Waals surface area contributed by atoms with E-state index in [2.05, 4.69) is 23.5 Å². The molecule has 0 radical (unpaired) electrons. The molecule has 134 valence electrons. The van der Waals surface area contributed by atoms with Gasteiger partial charge in [-0.3, -0.25) is 10.4 Å². The van der Waals surface area contributed by atoms with Crippen molar-refractivity contribution in [3.63, 3.8) is 0 Å². The zero-order valence-electron chi connectivity index (χ0n) is 14.8. The van der Waals surface area contributed by atoms with Crippen LogP contribution >= 0.6 is 0 Å². The van der Waals surface area contributed by atoms with Gasteiger partial charge in [-0.25, -0.2) is 9.67 Å². The van der Waals surface area contributed by atoms with E-state index in [1.165, 1.54) is 5.56 Å². The van der Waals surface area contributed by atoms with E-state index in [9.17, 15) is 0 Å². The van der Waals surface area contributed by atoms with Gasteiger partial charge in [0.25, 0.3) is 0 Å². The number of methoxy groups -OCH3 is 1. The van der Waals surface area contributed by atoms with E-state index in [1.807, 2.05) is 29.1 Å². The highest BCUT2D eigenvalue weighted by atomic mass is 16.5. The number of nitrogens with one attached hydrogen (secondary N) is 1. The Labute approximate surface area is 151 Å². The first-order chi connectivity index (χ1) is 12.7. The van der Waals surface area contributed by atoms with Crippen LogP contribution in [0.2, 0.25) is 0 Å². The van der Waals surface area contributed by atoms with Crippen LogP contribution in [-0.2, 0) is 6.54 Å². The predicted octanol–water partition coefficient (Wildman–Crippen LogP) is 2.28. The SMILES string of the molecule is CCn1cc(C2CC2c2nc3n(n2)C(N)Nc2c(OC)cccc2-3)cn1. The number of para-hydroxylation sites is 1. The Kier molecular flexibility index (Phi) is 3.30. The van der Waals surface area contributed by atoms with Crippen molar-refractivity contribution in [1.82, 2.24) is 24.5 Å². The Hall–Kier alpha value is -2.87. The molecule has 3 N–H and O–H groups in total. The van der Waals surface area contributed by atoms with Crippen LogP contribution in [0.25, 0.3) is 11.4 Å². The van der Waals surface area contributed by atoms with E-state index < -0.39 is 6.29 Å².